The van der Waals surface area contributed by atoms with Crippen LogP contribution in [-0.2, 0) is 22.4 Å². The Morgan fingerprint density at radius 3 is 2.43 bits per heavy atom. The molecule has 3 atom stereocenters. The lowest BCUT2D eigenvalue weighted by molar-refractivity contribution is -0.143. The van der Waals surface area contributed by atoms with Crippen LogP contribution in [0.5, 0.6) is 17.2 Å². The minimum absolute atomic E-state index is 0.0184. The molecule has 3 aromatic carbocycles. The number of amides is 1. The van der Waals surface area contributed by atoms with Crippen molar-refractivity contribution in [2.75, 3.05) is 43.8 Å². The first-order valence-corrected chi connectivity index (χ1v) is 16.4. The van der Waals surface area contributed by atoms with E-state index in [1.54, 1.807) is 17.8 Å². The van der Waals surface area contributed by atoms with Crippen LogP contribution in [0.1, 0.15) is 48.1 Å². The van der Waals surface area contributed by atoms with Crippen molar-refractivity contribution in [3.8, 4) is 17.2 Å². The first-order chi connectivity index (χ1) is 21.2. The lowest BCUT2D eigenvalue weighted by atomic mass is 9.82. The topological polar surface area (TPSA) is 97.3 Å². The van der Waals surface area contributed by atoms with E-state index < -0.39 is 29.7 Å². The summed E-state index contributed by atoms with van der Waals surface area (Å²) >= 11 is 8.00. The number of aryl methyl sites for hydroxylation is 2. The summed E-state index contributed by atoms with van der Waals surface area (Å²) in [4.78, 5) is 28.4. The minimum Gasteiger partial charge on any atom is -0.493 e. The Balaban J connectivity index is 1.48. The second-order valence-corrected chi connectivity index (χ2v) is 12.3. The SMILES string of the molecule is CCc1cc(Cl)cc(CC)c1NC(=O)CN1C[C@H](c2cc(F)c3c(c2)OCO3)C(C(=O)O)[C@@H]1c1ccc(OCCSC)cc1. The van der Waals surface area contributed by atoms with Gasteiger partial charge in [-0.3, -0.25) is 14.5 Å². The molecule has 5 rings (SSSR count). The fraction of sp³-hybridized carbons (Fsp3) is 0.394. The Labute approximate surface area is 265 Å². The number of carboxylic acids is 1. The third-order valence-corrected chi connectivity index (χ3v) is 8.97. The van der Waals surface area contributed by atoms with E-state index in [2.05, 4.69) is 5.32 Å². The second kappa shape index (κ2) is 14.1. The van der Waals surface area contributed by atoms with E-state index in [1.165, 1.54) is 6.07 Å². The van der Waals surface area contributed by atoms with E-state index in [0.717, 1.165) is 28.1 Å². The molecule has 1 fully saturated rings. The van der Waals surface area contributed by atoms with Crippen molar-refractivity contribution < 1.29 is 33.3 Å². The Kier molecular flexibility index (Phi) is 10.2. The molecule has 2 aliphatic rings. The molecule has 1 amide bonds. The van der Waals surface area contributed by atoms with Crippen LogP contribution >= 0.6 is 23.4 Å². The van der Waals surface area contributed by atoms with Gasteiger partial charge >= 0.3 is 5.97 Å². The van der Waals surface area contributed by atoms with Gasteiger partial charge in [-0.2, -0.15) is 11.8 Å². The van der Waals surface area contributed by atoms with Gasteiger partial charge < -0.3 is 24.6 Å². The molecular weight excluding hydrogens is 607 g/mol. The Hall–Kier alpha value is -3.47. The van der Waals surface area contributed by atoms with Crippen LogP contribution in [0.3, 0.4) is 0 Å². The summed E-state index contributed by atoms with van der Waals surface area (Å²) in [5, 5.41) is 14.3. The van der Waals surface area contributed by atoms with Crippen molar-refractivity contribution in [1.29, 1.82) is 0 Å². The third-order valence-electron chi connectivity index (χ3n) is 8.18. The summed E-state index contributed by atoms with van der Waals surface area (Å²) in [7, 11) is 0. The smallest absolute Gasteiger partial charge is 0.309 e. The Bertz CT molecular complexity index is 1500. The van der Waals surface area contributed by atoms with Gasteiger partial charge in [0.05, 0.1) is 19.1 Å². The number of hydrogen-bond donors (Lipinski definition) is 2. The molecule has 3 aromatic rings. The van der Waals surface area contributed by atoms with Crippen molar-refractivity contribution in [3.05, 3.63) is 81.6 Å². The highest BCUT2D eigenvalue weighted by Gasteiger charge is 2.48. The van der Waals surface area contributed by atoms with E-state index >= 15 is 0 Å². The van der Waals surface area contributed by atoms with Crippen LogP contribution in [0.4, 0.5) is 10.1 Å². The second-order valence-electron chi connectivity index (χ2n) is 10.8. The van der Waals surface area contributed by atoms with Crippen LogP contribution in [-0.4, -0.2) is 60.4 Å². The number of thioether (sulfide) groups is 1. The number of likely N-dealkylation sites (tertiary alicyclic amines) is 1. The first-order valence-electron chi connectivity index (χ1n) is 14.6. The fourth-order valence-electron chi connectivity index (χ4n) is 6.14. The highest BCUT2D eigenvalue weighted by molar-refractivity contribution is 7.98. The molecule has 0 saturated carbocycles. The molecule has 0 aliphatic carbocycles. The number of carbonyl (C=O) groups excluding carboxylic acids is 1. The van der Waals surface area contributed by atoms with Crippen molar-refractivity contribution in [2.45, 2.75) is 38.6 Å². The van der Waals surface area contributed by atoms with Crippen molar-refractivity contribution in [3.63, 3.8) is 0 Å². The predicted octanol–water partition coefficient (Wildman–Crippen LogP) is 6.55. The molecule has 2 heterocycles. The average Bonchev–Trinajstić information content (AvgIpc) is 3.64. The van der Waals surface area contributed by atoms with Gasteiger partial charge in [-0.1, -0.05) is 37.6 Å². The molecule has 0 bridgehead atoms. The van der Waals surface area contributed by atoms with Crippen LogP contribution in [0.2, 0.25) is 5.02 Å². The number of rotatable bonds is 12. The van der Waals surface area contributed by atoms with E-state index in [-0.39, 0.29) is 37.3 Å². The number of anilines is 1. The molecule has 0 radical (unpaired) electrons. The summed E-state index contributed by atoms with van der Waals surface area (Å²) in [5.74, 6) is -1.75. The number of carbonyl (C=O) groups is 2. The average molecular weight is 643 g/mol. The first kappa shape index (κ1) is 31.9. The van der Waals surface area contributed by atoms with Gasteiger partial charge in [0.2, 0.25) is 18.4 Å². The molecule has 2 N–H and O–H groups in total. The van der Waals surface area contributed by atoms with E-state index in [9.17, 15) is 19.1 Å². The normalized spacial score (nSPS) is 19.2. The van der Waals surface area contributed by atoms with Gasteiger partial charge in [0, 0.05) is 35.0 Å². The number of benzene rings is 3. The van der Waals surface area contributed by atoms with E-state index in [4.69, 9.17) is 25.8 Å². The van der Waals surface area contributed by atoms with Crippen LogP contribution in [0.15, 0.2) is 48.5 Å². The molecule has 234 valence electrons. The molecule has 2 aliphatic heterocycles. The predicted molar refractivity (Wildman–Crippen MR) is 170 cm³/mol. The maximum atomic E-state index is 15.0. The molecule has 0 aromatic heterocycles. The Morgan fingerprint density at radius 2 is 1.80 bits per heavy atom. The number of halogens is 2. The van der Waals surface area contributed by atoms with Gasteiger partial charge in [0.1, 0.15) is 5.75 Å². The van der Waals surface area contributed by atoms with Gasteiger partial charge in [-0.05, 0) is 77.7 Å². The quantitative estimate of drug-likeness (QED) is 0.215. The van der Waals surface area contributed by atoms with Gasteiger partial charge in [-0.15, -0.1) is 0 Å². The molecule has 0 spiro atoms. The maximum Gasteiger partial charge on any atom is 0.309 e. The fourth-order valence-corrected chi connectivity index (χ4v) is 6.65. The highest BCUT2D eigenvalue weighted by atomic mass is 35.5. The largest absolute Gasteiger partial charge is 0.493 e. The number of aliphatic carboxylic acids is 1. The van der Waals surface area contributed by atoms with Crippen LogP contribution in [0.25, 0.3) is 0 Å². The monoisotopic (exact) mass is 642 g/mol. The number of carboxylic acid groups (broad SMARTS) is 1. The summed E-state index contributed by atoms with van der Waals surface area (Å²) in [6, 6.07) is 13.3. The van der Waals surface area contributed by atoms with E-state index in [0.29, 0.717) is 35.8 Å². The Morgan fingerprint density at radius 1 is 1.09 bits per heavy atom. The van der Waals surface area contributed by atoms with Crippen LogP contribution in [0, 0.1) is 11.7 Å². The standard InChI is InChI=1S/C33H36ClFN2O6S/c1-4-19-12-23(34)13-20(5-2)30(19)36-28(38)17-37-16-25(22-14-26(35)32-27(15-22)42-18-43-32)29(33(39)40)31(37)21-6-8-24(9-7-21)41-10-11-44-3/h6-9,12-15,25,29,31H,4-5,10-11,16-18H2,1-3H3,(H,36,38)(H,39,40)/t25-,29?,31+/m1/s1. The molecular formula is C33H36ClFN2O6S. The number of ether oxygens (including phenoxy) is 3. The zero-order valence-corrected chi connectivity index (χ0v) is 26.5. The molecule has 44 heavy (non-hydrogen) atoms. The molecule has 8 nitrogen and oxygen atoms in total. The number of nitrogens with zero attached hydrogens (tertiary/aromatic N) is 1. The van der Waals surface area contributed by atoms with Crippen molar-refractivity contribution >= 4 is 40.9 Å². The third kappa shape index (κ3) is 6.77. The zero-order chi connectivity index (χ0) is 31.4. The molecule has 1 saturated heterocycles. The number of fused-ring (bicyclic) bond motifs is 1. The molecule has 11 heteroatoms. The number of hydrogen-bond acceptors (Lipinski definition) is 7. The molecule has 1 unspecified atom stereocenters. The summed E-state index contributed by atoms with van der Waals surface area (Å²) in [5.41, 5.74) is 3.78. The van der Waals surface area contributed by atoms with Gasteiger partial charge in [0.15, 0.2) is 11.6 Å². The zero-order valence-electron chi connectivity index (χ0n) is 24.9. The van der Waals surface area contributed by atoms with Crippen LogP contribution < -0.4 is 19.5 Å². The van der Waals surface area contributed by atoms with Gasteiger partial charge in [0.25, 0.3) is 0 Å². The maximum absolute atomic E-state index is 15.0. The van der Waals surface area contributed by atoms with Crippen molar-refractivity contribution in [1.82, 2.24) is 4.90 Å². The van der Waals surface area contributed by atoms with Gasteiger partial charge in [-0.25, -0.2) is 4.39 Å². The number of nitrogens with one attached hydrogen (secondary N) is 1. The summed E-state index contributed by atoms with van der Waals surface area (Å²) in [6.07, 6.45) is 3.37. The van der Waals surface area contributed by atoms with Crippen molar-refractivity contribution in [2.24, 2.45) is 5.92 Å². The summed E-state index contributed by atoms with van der Waals surface area (Å²) < 4.78 is 31.5. The highest BCUT2D eigenvalue weighted by Crippen LogP contribution is 2.48. The lowest BCUT2D eigenvalue weighted by Crippen LogP contribution is -2.35. The van der Waals surface area contributed by atoms with E-state index in [1.807, 2.05) is 61.4 Å². The minimum atomic E-state index is -1.04. The summed E-state index contributed by atoms with van der Waals surface area (Å²) in [6.45, 7) is 4.58. The lowest BCUT2D eigenvalue weighted by Gasteiger charge is -2.27.